The predicted octanol–water partition coefficient (Wildman–Crippen LogP) is 5.08. The van der Waals surface area contributed by atoms with Gasteiger partial charge in [0.05, 0.1) is 8.07 Å². The van der Waals surface area contributed by atoms with Gasteiger partial charge in [0, 0.05) is 0 Å². The van der Waals surface area contributed by atoms with Crippen LogP contribution in [0.1, 0.15) is 40.5 Å². The molecule has 0 nitrogen and oxygen atoms in total. The molecule has 14 heavy (non-hydrogen) atoms. The van der Waals surface area contributed by atoms with E-state index in [0.717, 1.165) is 0 Å². The minimum absolute atomic E-state index is 0.979. The molecule has 0 aromatic heterocycles. The molecule has 0 fully saturated rings. The zero-order valence-electron chi connectivity index (χ0n) is 10.3. The number of thioether (sulfide) groups is 1. The van der Waals surface area contributed by atoms with Crippen LogP contribution in [-0.4, -0.2) is 13.8 Å². The van der Waals surface area contributed by atoms with Crippen molar-refractivity contribution < 1.29 is 0 Å². The lowest BCUT2D eigenvalue weighted by Crippen LogP contribution is -2.28. The van der Waals surface area contributed by atoms with Crippen LogP contribution in [0.5, 0.6) is 0 Å². The fourth-order valence-electron chi connectivity index (χ4n) is 1.59. The molecule has 0 aromatic rings. The van der Waals surface area contributed by atoms with Crippen molar-refractivity contribution in [2.75, 3.05) is 5.75 Å². The maximum Gasteiger partial charge on any atom is 0.0776 e. The first kappa shape index (κ1) is 14.3. The van der Waals surface area contributed by atoms with E-state index in [0.29, 0.717) is 0 Å². The average Bonchev–Trinajstić information content (AvgIpc) is 2.24. The van der Waals surface area contributed by atoms with Crippen molar-refractivity contribution in [1.82, 2.24) is 0 Å². The van der Waals surface area contributed by atoms with Crippen LogP contribution in [0, 0.1) is 0 Å². The van der Waals surface area contributed by atoms with Gasteiger partial charge in [0.25, 0.3) is 0 Å². The van der Waals surface area contributed by atoms with Crippen molar-refractivity contribution >= 4 is 19.8 Å². The predicted molar refractivity (Wildman–Crippen MR) is 73.7 cm³/mol. The molecule has 0 radical (unpaired) electrons. The third-order valence-corrected chi connectivity index (χ3v) is 9.44. The Kier molecular flexibility index (Phi) is 8.79. The summed E-state index contributed by atoms with van der Waals surface area (Å²) in [6.07, 6.45) is 2.67. The summed E-state index contributed by atoms with van der Waals surface area (Å²) in [6.45, 7) is 9.34. The van der Waals surface area contributed by atoms with E-state index in [-0.39, 0.29) is 0 Å². The summed E-state index contributed by atoms with van der Waals surface area (Å²) in [4.78, 5) is 0. The molecule has 0 saturated carbocycles. The van der Waals surface area contributed by atoms with E-state index in [2.05, 4.69) is 38.8 Å². The Balaban J connectivity index is 3.90. The maximum atomic E-state index is 2.58. The minimum atomic E-state index is -0.979. The zero-order chi connectivity index (χ0) is 10.9. The molecule has 0 unspecified atom stereocenters. The van der Waals surface area contributed by atoms with E-state index in [1.54, 1.807) is 0 Å². The highest BCUT2D eigenvalue weighted by atomic mass is 32.2. The third-order valence-electron chi connectivity index (χ3n) is 3.25. The molecule has 0 rings (SSSR count). The summed E-state index contributed by atoms with van der Waals surface area (Å²) >= 11 is 2.00. The first-order valence-electron chi connectivity index (χ1n) is 6.04. The molecule has 0 atom stereocenters. The monoisotopic (exact) mass is 230 g/mol. The fourth-order valence-corrected chi connectivity index (χ4v) is 5.93. The first-order valence-corrected chi connectivity index (χ1v) is 9.78. The van der Waals surface area contributed by atoms with E-state index < -0.39 is 8.07 Å². The van der Waals surface area contributed by atoms with Crippen LogP contribution >= 0.6 is 11.8 Å². The molecule has 0 spiro atoms. The van der Waals surface area contributed by atoms with E-state index in [9.17, 15) is 0 Å². The number of hydrogen-bond donors (Lipinski definition) is 0. The highest BCUT2D eigenvalue weighted by molar-refractivity contribution is 8.02. The Labute approximate surface area is 95.6 Å². The summed E-state index contributed by atoms with van der Waals surface area (Å²) in [6, 6.07) is 4.22. The Morgan fingerprint density at radius 2 is 1.57 bits per heavy atom. The Hall–Kier alpha value is 0.307. The SMILES string of the molecule is CCCCS/C=C/[Si](CC)(CC)CC. The molecular formula is C12H26SSi. The molecule has 84 valence electrons. The van der Waals surface area contributed by atoms with Crippen molar-refractivity contribution in [2.45, 2.75) is 58.7 Å². The van der Waals surface area contributed by atoms with Gasteiger partial charge in [-0.2, -0.15) is 0 Å². The van der Waals surface area contributed by atoms with Crippen LogP contribution in [-0.2, 0) is 0 Å². The largest absolute Gasteiger partial charge is 0.135 e. The second-order valence-corrected chi connectivity index (χ2v) is 10.1. The molecule has 0 aliphatic carbocycles. The highest BCUT2D eigenvalue weighted by Gasteiger charge is 2.22. The van der Waals surface area contributed by atoms with Crippen LogP contribution in [0.3, 0.4) is 0 Å². The smallest absolute Gasteiger partial charge is 0.0776 e. The molecule has 0 bridgehead atoms. The van der Waals surface area contributed by atoms with E-state index in [4.69, 9.17) is 0 Å². The van der Waals surface area contributed by atoms with Gasteiger partial charge in [0.1, 0.15) is 0 Å². The van der Waals surface area contributed by atoms with Gasteiger partial charge in [0.15, 0.2) is 0 Å². The number of hydrogen-bond acceptors (Lipinski definition) is 1. The van der Waals surface area contributed by atoms with Crippen molar-refractivity contribution in [2.24, 2.45) is 0 Å². The fraction of sp³-hybridized carbons (Fsp3) is 0.833. The summed E-state index contributed by atoms with van der Waals surface area (Å²) in [7, 11) is -0.979. The first-order chi connectivity index (χ1) is 6.74. The van der Waals surface area contributed by atoms with E-state index in [1.165, 1.54) is 36.7 Å². The Morgan fingerprint density at radius 1 is 1.00 bits per heavy atom. The van der Waals surface area contributed by atoms with Crippen molar-refractivity contribution in [3.05, 3.63) is 11.1 Å². The van der Waals surface area contributed by atoms with Gasteiger partial charge in [-0.15, -0.1) is 11.8 Å². The lowest BCUT2D eigenvalue weighted by molar-refractivity contribution is 0.898. The van der Waals surface area contributed by atoms with Crippen molar-refractivity contribution in [3.63, 3.8) is 0 Å². The Morgan fingerprint density at radius 3 is 2.00 bits per heavy atom. The van der Waals surface area contributed by atoms with Crippen LogP contribution in [0.25, 0.3) is 0 Å². The minimum Gasteiger partial charge on any atom is -0.135 e. The van der Waals surface area contributed by atoms with Gasteiger partial charge in [0.2, 0.25) is 0 Å². The molecule has 0 aromatic carbocycles. The van der Waals surface area contributed by atoms with Crippen molar-refractivity contribution in [3.8, 4) is 0 Å². The zero-order valence-corrected chi connectivity index (χ0v) is 12.1. The summed E-state index contributed by atoms with van der Waals surface area (Å²) in [5, 5.41) is 2.39. The average molecular weight is 230 g/mol. The second-order valence-electron chi connectivity index (χ2n) is 3.95. The van der Waals surface area contributed by atoms with Crippen LogP contribution in [0.4, 0.5) is 0 Å². The molecular weight excluding hydrogens is 204 g/mol. The number of unbranched alkanes of at least 4 members (excludes halogenated alkanes) is 1. The molecule has 0 N–H and O–H groups in total. The van der Waals surface area contributed by atoms with E-state index >= 15 is 0 Å². The maximum absolute atomic E-state index is 2.58. The Bertz CT molecular complexity index is 142. The lowest BCUT2D eigenvalue weighted by Gasteiger charge is -2.23. The van der Waals surface area contributed by atoms with Crippen LogP contribution in [0.15, 0.2) is 11.1 Å². The lowest BCUT2D eigenvalue weighted by atomic mass is 10.4. The molecule has 2 heteroatoms. The van der Waals surface area contributed by atoms with Gasteiger partial charge in [-0.25, -0.2) is 0 Å². The third kappa shape index (κ3) is 5.25. The van der Waals surface area contributed by atoms with Gasteiger partial charge in [-0.05, 0) is 17.6 Å². The quantitative estimate of drug-likeness (QED) is 0.414. The van der Waals surface area contributed by atoms with Gasteiger partial charge in [-0.3, -0.25) is 0 Å². The summed E-state index contributed by atoms with van der Waals surface area (Å²) < 4.78 is 0. The van der Waals surface area contributed by atoms with Crippen LogP contribution < -0.4 is 0 Å². The molecule has 0 saturated heterocycles. The molecule has 0 aliphatic rings. The summed E-state index contributed by atoms with van der Waals surface area (Å²) in [5.74, 6) is 1.30. The molecule has 0 aliphatic heterocycles. The van der Waals surface area contributed by atoms with E-state index in [1.807, 2.05) is 11.8 Å². The van der Waals surface area contributed by atoms with Gasteiger partial charge < -0.3 is 0 Å². The summed E-state index contributed by atoms with van der Waals surface area (Å²) in [5.41, 5.74) is 2.58. The molecule has 0 amide bonds. The van der Waals surface area contributed by atoms with Gasteiger partial charge >= 0.3 is 0 Å². The van der Waals surface area contributed by atoms with Crippen LogP contribution in [0.2, 0.25) is 18.1 Å². The standard InChI is InChI=1S/C12H26SSi/c1-5-9-10-13-11-12-14(6-2,7-3)8-4/h11-12H,5-10H2,1-4H3/b12-11+. The second kappa shape index (κ2) is 8.60. The normalized spacial score (nSPS) is 12.6. The van der Waals surface area contributed by atoms with Crippen molar-refractivity contribution in [1.29, 1.82) is 0 Å². The highest BCUT2D eigenvalue weighted by Crippen LogP contribution is 2.23. The van der Waals surface area contributed by atoms with Gasteiger partial charge in [-0.1, -0.05) is 57.9 Å². The molecule has 0 heterocycles. The number of rotatable bonds is 8. The topological polar surface area (TPSA) is 0 Å².